The number of halogens is 17. The Labute approximate surface area is 202 Å². The molecule has 1 unspecified atom stereocenters. The number of hydrogen-bond acceptors (Lipinski definition) is 3. The summed E-state index contributed by atoms with van der Waals surface area (Å²) in [5, 5.41) is 0. The average Bonchev–Trinajstić information content (AvgIpc) is 2.69. The van der Waals surface area contributed by atoms with E-state index in [1.165, 1.54) is 6.92 Å². The summed E-state index contributed by atoms with van der Waals surface area (Å²) in [4.78, 5) is 0. The van der Waals surface area contributed by atoms with Crippen LogP contribution in [-0.4, -0.2) is 66.7 Å². The molecular formula is C16H17F17O4S. The van der Waals surface area contributed by atoms with E-state index in [-0.39, 0.29) is 12.8 Å². The highest BCUT2D eigenvalue weighted by molar-refractivity contribution is 7.80. The van der Waals surface area contributed by atoms with Crippen LogP contribution in [0.3, 0.4) is 0 Å². The molecule has 4 nitrogen and oxygen atoms in total. The molecule has 0 aliphatic rings. The topological polar surface area (TPSA) is 63.6 Å². The van der Waals surface area contributed by atoms with Crippen LogP contribution in [0.2, 0.25) is 0 Å². The van der Waals surface area contributed by atoms with Gasteiger partial charge in [0.2, 0.25) is 0 Å². The summed E-state index contributed by atoms with van der Waals surface area (Å²) in [6.07, 6.45) is -15.0. The van der Waals surface area contributed by atoms with Crippen LogP contribution in [0.4, 0.5) is 74.6 Å². The molecule has 38 heavy (non-hydrogen) atoms. The van der Waals surface area contributed by atoms with E-state index in [0.717, 1.165) is 0 Å². The van der Waals surface area contributed by atoms with Crippen LogP contribution in [0, 0.1) is 0 Å². The van der Waals surface area contributed by atoms with Crippen molar-refractivity contribution in [2.75, 3.05) is 0 Å². The van der Waals surface area contributed by atoms with Gasteiger partial charge in [0.1, 0.15) is 0 Å². The van der Waals surface area contributed by atoms with E-state index >= 15 is 0 Å². The summed E-state index contributed by atoms with van der Waals surface area (Å²) < 4.78 is 259. The van der Waals surface area contributed by atoms with Gasteiger partial charge in [-0.05, 0) is 12.8 Å². The number of rotatable bonds is 15. The largest absolute Gasteiger partial charge is 0.460 e. The third-order valence-electron chi connectivity index (χ3n) is 4.95. The van der Waals surface area contributed by atoms with Crippen LogP contribution >= 0.6 is 0 Å². The Morgan fingerprint density at radius 2 is 0.974 bits per heavy atom. The molecule has 0 aliphatic carbocycles. The SMILES string of the molecule is CCCCCC(CCC(F)(F)C(F)(F)C(F)(F)C(F)(F)C(F)(F)C(F)(F)C(F)(F)C(F)(F)F)OS(=O)(=O)O. The normalized spacial score (nSPS) is 16.6. The molecular weight excluding hydrogens is 611 g/mol. The molecule has 0 rings (SSSR count). The first-order valence-corrected chi connectivity index (χ1v) is 11.1. The number of unbranched alkanes of at least 4 members (excludes halogenated alkanes) is 2. The predicted octanol–water partition coefficient (Wildman–Crippen LogP) is 7.54. The second-order valence-electron chi connectivity index (χ2n) is 7.83. The van der Waals surface area contributed by atoms with Gasteiger partial charge in [-0.2, -0.15) is 83.1 Å². The third-order valence-corrected chi connectivity index (χ3v) is 5.47. The maximum atomic E-state index is 13.9. The first-order valence-electron chi connectivity index (χ1n) is 9.76. The smallest absolute Gasteiger partial charge is 0.264 e. The zero-order valence-corrected chi connectivity index (χ0v) is 19.1. The van der Waals surface area contributed by atoms with Gasteiger partial charge in [-0.1, -0.05) is 26.2 Å². The molecule has 0 spiro atoms. The van der Waals surface area contributed by atoms with E-state index < -0.39 is 83.4 Å². The second-order valence-corrected chi connectivity index (χ2v) is 8.88. The van der Waals surface area contributed by atoms with Crippen molar-refractivity contribution < 1.29 is 91.8 Å². The van der Waals surface area contributed by atoms with Crippen LogP contribution in [0.15, 0.2) is 0 Å². The Balaban J connectivity index is 6.39. The van der Waals surface area contributed by atoms with Gasteiger partial charge in [0.05, 0.1) is 6.10 Å². The maximum absolute atomic E-state index is 13.9. The van der Waals surface area contributed by atoms with Gasteiger partial charge in [-0.15, -0.1) is 0 Å². The molecule has 0 amide bonds. The van der Waals surface area contributed by atoms with Crippen molar-refractivity contribution in [3.05, 3.63) is 0 Å². The molecule has 0 saturated carbocycles. The fraction of sp³-hybridized carbons (Fsp3) is 1.00. The minimum absolute atomic E-state index is 0.151. The Morgan fingerprint density at radius 3 is 1.32 bits per heavy atom. The van der Waals surface area contributed by atoms with Crippen LogP contribution < -0.4 is 0 Å². The van der Waals surface area contributed by atoms with Crippen molar-refractivity contribution in [3.63, 3.8) is 0 Å². The molecule has 0 aromatic rings. The average molecular weight is 628 g/mol. The van der Waals surface area contributed by atoms with E-state index in [1.54, 1.807) is 0 Å². The molecule has 0 bridgehead atoms. The molecule has 0 fully saturated rings. The Hall–Kier alpha value is -1.32. The summed E-state index contributed by atoms with van der Waals surface area (Å²) >= 11 is 0. The Morgan fingerprint density at radius 1 is 0.605 bits per heavy atom. The summed E-state index contributed by atoms with van der Waals surface area (Å²) in [6, 6.07) is 0. The molecule has 0 radical (unpaired) electrons. The van der Waals surface area contributed by atoms with Crippen molar-refractivity contribution in [2.24, 2.45) is 0 Å². The molecule has 0 heterocycles. The lowest BCUT2D eigenvalue weighted by Crippen LogP contribution is -2.74. The molecule has 230 valence electrons. The van der Waals surface area contributed by atoms with E-state index in [2.05, 4.69) is 4.18 Å². The standard InChI is InChI=1S/C16H17F17O4S/c1-2-3-4-5-8(37-38(34,35)36)6-7-9(17,18)10(19,20)11(21,22)12(23,24)13(25,26)14(27,28)15(29,30)16(31,32)33/h8H,2-7H2,1H3,(H,34,35,36). The molecule has 0 saturated heterocycles. The van der Waals surface area contributed by atoms with Gasteiger partial charge < -0.3 is 0 Å². The van der Waals surface area contributed by atoms with Gasteiger partial charge in [0, 0.05) is 6.42 Å². The summed E-state index contributed by atoms with van der Waals surface area (Å²) in [7, 11) is -5.52. The van der Waals surface area contributed by atoms with Gasteiger partial charge in [-0.25, -0.2) is 4.18 Å². The summed E-state index contributed by atoms with van der Waals surface area (Å²) in [5.41, 5.74) is 0. The molecule has 22 heteroatoms. The van der Waals surface area contributed by atoms with Gasteiger partial charge >= 0.3 is 58.0 Å². The quantitative estimate of drug-likeness (QED) is 0.116. The minimum atomic E-state index is -8.72. The Bertz CT molecular complexity index is 898. The maximum Gasteiger partial charge on any atom is 0.460 e. The number of hydrogen-bond donors (Lipinski definition) is 1. The van der Waals surface area contributed by atoms with Gasteiger partial charge in [0.15, 0.2) is 0 Å². The predicted molar refractivity (Wildman–Crippen MR) is 90.5 cm³/mol. The first-order chi connectivity index (χ1) is 16.4. The van der Waals surface area contributed by atoms with Gasteiger partial charge in [-0.3, -0.25) is 4.55 Å². The molecule has 0 aromatic heterocycles. The third kappa shape index (κ3) is 6.52. The van der Waals surface area contributed by atoms with E-state index in [1.807, 2.05) is 0 Å². The summed E-state index contributed by atoms with van der Waals surface area (Å²) in [6.45, 7) is 1.53. The lowest BCUT2D eigenvalue weighted by molar-refractivity contribution is -0.461. The first kappa shape index (κ1) is 36.7. The Kier molecular flexibility index (Phi) is 10.5. The minimum Gasteiger partial charge on any atom is -0.264 e. The zero-order chi connectivity index (χ0) is 31.0. The van der Waals surface area contributed by atoms with Crippen molar-refractivity contribution >= 4 is 10.4 Å². The fourth-order valence-electron chi connectivity index (χ4n) is 2.73. The molecule has 0 aromatic carbocycles. The fourth-order valence-corrected chi connectivity index (χ4v) is 3.27. The lowest BCUT2D eigenvalue weighted by atomic mass is 9.87. The van der Waals surface area contributed by atoms with Crippen LogP contribution in [-0.2, 0) is 14.6 Å². The summed E-state index contributed by atoms with van der Waals surface area (Å²) in [5.74, 6) is -57.2. The lowest BCUT2D eigenvalue weighted by Gasteiger charge is -2.43. The number of alkyl halides is 17. The van der Waals surface area contributed by atoms with Gasteiger partial charge in [0.25, 0.3) is 0 Å². The second kappa shape index (κ2) is 10.9. The van der Waals surface area contributed by atoms with Crippen LogP contribution in [0.1, 0.15) is 45.4 Å². The highest BCUT2D eigenvalue weighted by Crippen LogP contribution is 2.64. The highest BCUT2D eigenvalue weighted by atomic mass is 32.3. The molecule has 0 aliphatic heterocycles. The van der Waals surface area contributed by atoms with E-state index in [4.69, 9.17) is 4.55 Å². The molecule has 1 atom stereocenters. The van der Waals surface area contributed by atoms with Crippen LogP contribution in [0.25, 0.3) is 0 Å². The molecule has 1 N–H and O–H groups in total. The van der Waals surface area contributed by atoms with Crippen molar-refractivity contribution in [2.45, 2.75) is 99.2 Å². The van der Waals surface area contributed by atoms with E-state index in [9.17, 15) is 83.1 Å². The van der Waals surface area contributed by atoms with Crippen molar-refractivity contribution in [1.82, 2.24) is 0 Å². The zero-order valence-electron chi connectivity index (χ0n) is 18.3. The van der Waals surface area contributed by atoms with Crippen LogP contribution in [0.5, 0.6) is 0 Å². The van der Waals surface area contributed by atoms with Crippen molar-refractivity contribution in [1.29, 1.82) is 0 Å². The van der Waals surface area contributed by atoms with E-state index in [0.29, 0.717) is 6.42 Å². The van der Waals surface area contributed by atoms with Crippen molar-refractivity contribution in [3.8, 4) is 0 Å². The highest BCUT2D eigenvalue weighted by Gasteiger charge is 2.95. The monoisotopic (exact) mass is 628 g/mol.